The number of hydrogen-bond donors (Lipinski definition) is 8. The summed E-state index contributed by atoms with van der Waals surface area (Å²) >= 11 is 0. The molecule has 0 saturated carbocycles. The lowest BCUT2D eigenvalue weighted by atomic mass is 9.97. The van der Waals surface area contributed by atoms with Crippen molar-refractivity contribution in [2.75, 3.05) is 6.61 Å². The number of carboxylic acids is 1. The fraction of sp³-hybridized carbons (Fsp3) is 0.750. The molecule has 0 radical (unpaired) electrons. The Balaban J connectivity index is 2.44. The van der Waals surface area contributed by atoms with E-state index in [9.17, 15) is 45.4 Å². The number of nitrogens with one attached hydrogen (secondary N) is 1. The number of aliphatic hydroxyl groups is 3. The summed E-state index contributed by atoms with van der Waals surface area (Å²) in [5.41, 5.74) is 0. The summed E-state index contributed by atoms with van der Waals surface area (Å²) < 4.78 is 117. The van der Waals surface area contributed by atoms with Crippen molar-refractivity contribution in [2.24, 2.45) is 0 Å². The van der Waals surface area contributed by atoms with Gasteiger partial charge in [0, 0.05) is 0 Å². The van der Waals surface area contributed by atoms with Crippen LogP contribution in [-0.2, 0) is 58.5 Å². The first-order chi connectivity index (χ1) is 15.8. The lowest BCUT2D eigenvalue weighted by Gasteiger charge is -2.44. The molecule has 8 atom stereocenters. The number of ether oxygens (including phenoxy) is 3. The minimum atomic E-state index is -5.36. The van der Waals surface area contributed by atoms with Crippen LogP contribution in [0.4, 0.5) is 0 Å². The molecule has 0 aromatic rings. The Labute approximate surface area is 196 Å². The smallest absolute Gasteiger partial charge is 0.397 e. The zero-order valence-electron chi connectivity index (χ0n) is 16.7. The van der Waals surface area contributed by atoms with Crippen molar-refractivity contribution >= 4 is 37.1 Å². The zero-order valence-corrected chi connectivity index (χ0v) is 19.1. The molecule has 1 unspecified atom stereocenters. The summed E-state index contributed by atoms with van der Waals surface area (Å²) in [6, 6.07) is -2.15. The van der Waals surface area contributed by atoms with Crippen molar-refractivity contribution in [3.63, 3.8) is 0 Å². The van der Waals surface area contributed by atoms with Crippen LogP contribution >= 0.6 is 0 Å². The van der Waals surface area contributed by atoms with Crippen LogP contribution in [0.5, 0.6) is 0 Å². The van der Waals surface area contributed by atoms with E-state index < -0.39 is 98.6 Å². The topological polar surface area (TPSA) is 319 Å². The van der Waals surface area contributed by atoms with Crippen molar-refractivity contribution in [1.29, 1.82) is 0 Å². The number of aliphatic carboxylic acids is 1. The molecule has 0 aromatic heterocycles. The molecule has 1 saturated heterocycles. The standard InChI is InChI=1S/C12H19NO19S3/c14-3-1-4(10(16)17)30-12(8(3)32-35(25,26)27)31-9-5(2-28-34(22,23)24)29-11(18)6(7(9)15)13-33(19,20)21/h1,3,5-9,11-15,18H,2H2,(H,16,17)(H,19,20,21)(H,22,23,24)(H,25,26,27)/t3-,5+,6+,7+,8+,9+,11-,12?/m0/s1. The van der Waals surface area contributed by atoms with E-state index >= 15 is 0 Å². The van der Waals surface area contributed by atoms with Crippen LogP contribution < -0.4 is 4.72 Å². The van der Waals surface area contributed by atoms with Crippen molar-refractivity contribution in [1.82, 2.24) is 4.72 Å². The van der Waals surface area contributed by atoms with E-state index in [-0.39, 0.29) is 0 Å². The lowest BCUT2D eigenvalue weighted by molar-refractivity contribution is -0.303. The number of carboxylic acid groups (broad SMARTS) is 1. The second kappa shape index (κ2) is 10.8. The quantitative estimate of drug-likeness (QED) is 0.112. The summed E-state index contributed by atoms with van der Waals surface area (Å²) in [5.74, 6) is -2.88. The molecule has 0 bridgehead atoms. The molecule has 2 aliphatic rings. The molecule has 2 heterocycles. The Morgan fingerprint density at radius 3 is 2.09 bits per heavy atom. The van der Waals surface area contributed by atoms with Gasteiger partial charge in [0.25, 0.3) is 0 Å². The second-order valence-corrected chi connectivity index (χ2v) is 10.1. The Kier molecular flexibility index (Phi) is 9.15. The fourth-order valence-corrected chi connectivity index (χ4v) is 4.35. The van der Waals surface area contributed by atoms with Crippen LogP contribution in [0.25, 0.3) is 0 Å². The summed E-state index contributed by atoms with van der Waals surface area (Å²) in [7, 11) is -15.7. The van der Waals surface area contributed by atoms with Gasteiger partial charge in [0.1, 0.15) is 30.5 Å². The fourth-order valence-electron chi connectivity index (χ4n) is 2.96. The van der Waals surface area contributed by atoms with Crippen LogP contribution in [-0.4, -0.2) is 121 Å². The van der Waals surface area contributed by atoms with E-state index in [0.29, 0.717) is 6.08 Å². The Hall–Kier alpha value is -1.58. The number of carbonyl (C=O) groups is 1. The summed E-state index contributed by atoms with van der Waals surface area (Å²) in [6.45, 7) is -1.25. The van der Waals surface area contributed by atoms with Crippen molar-refractivity contribution in [2.45, 2.75) is 49.1 Å². The van der Waals surface area contributed by atoms with E-state index in [1.54, 1.807) is 0 Å². The summed E-state index contributed by atoms with van der Waals surface area (Å²) in [4.78, 5) is 11.2. The molecule has 23 heteroatoms. The first-order valence-corrected chi connectivity index (χ1v) is 12.9. The van der Waals surface area contributed by atoms with E-state index in [1.807, 2.05) is 0 Å². The van der Waals surface area contributed by atoms with E-state index in [1.165, 1.54) is 4.72 Å². The monoisotopic (exact) mass is 577 g/mol. The number of hydrogen-bond acceptors (Lipinski definition) is 15. The maximum absolute atomic E-state index is 11.2. The van der Waals surface area contributed by atoms with Gasteiger partial charge in [-0.05, 0) is 6.08 Å². The predicted molar refractivity (Wildman–Crippen MR) is 101 cm³/mol. The summed E-state index contributed by atoms with van der Waals surface area (Å²) in [6.07, 6.45) is -15.1. The van der Waals surface area contributed by atoms with Crippen molar-refractivity contribution in [3.05, 3.63) is 11.8 Å². The van der Waals surface area contributed by atoms with E-state index in [0.717, 1.165) is 0 Å². The van der Waals surface area contributed by atoms with Crippen molar-refractivity contribution in [3.8, 4) is 0 Å². The minimum absolute atomic E-state index is 0.442. The molecule has 2 rings (SSSR count). The molecule has 0 amide bonds. The number of aliphatic hydroxyl groups excluding tert-OH is 3. The SMILES string of the molecule is O=C(O)C1=C[C@H](O)[C@@H](OS(=O)(=O)O)C(O[C@H]2[C@H](O)[C@@H](NS(=O)(=O)O)[C@@H](O)O[C@@H]2COS(=O)(=O)O)O1. The third kappa shape index (κ3) is 8.79. The minimum Gasteiger partial charge on any atom is -0.475 e. The van der Waals surface area contributed by atoms with Crippen LogP contribution in [0.1, 0.15) is 0 Å². The highest BCUT2D eigenvalue weighted by molar-refractivity contribution is 7.83. The van der Waals surface area contributed by atoms with E-state index in [2.05, 4.69) is 8.37 Å². The highest BCUT2D eigenvalue weighted by atomic mass is 32.3. The van der Waals surface area contributed by atoms with Gasteiger partial charge in [0.05, 0.1) is 6.61 Å². The highest BCUT2D eigenvalue weighted by Crippen LogP contribution is 2.30. The Bertz CT molecular complexity index is 1130. The maximum Gasteiger partial charge on any atom is 0.397 e. The number of rotatable bonds is 10. The second-order valence-electron chi connectivity index (χ2n) is 6.79. The molecule has 35 heavy (non-hydrogen) atoms. The molecule has 0 aliphatic carbocycles. The highest BCUT2D eigenvalue weighted by Gasteiger charge is 2.51. The summed E-state index contributed by atoms with van der Waals surface area (Å²) in [5, 5.41) is 39.6. The first kappa shape index (κ1) is 29.6. The normalized spacial score (nSPS) is 34.6. The van der Waals surface area contributed by atoms with Gasteiger partial charge in [-0.15, -0.1) is 0 Å². The lowest BCUT2D eigenvalue weighted by Crippen LogP contribution is -2.66. The van der Waals surface area contributed by atoms with E-state index in [4.69, 9.17) is 33.0 Å². The third-order valence-electron chi connectivity index (χ3n) is 4.26. The van der Waals surface area contributed by atoms with Gasteiger partial charge in [-0.1, -0.05) is 0 Å². The van der Waals surface area contributed by atoms with Crippen LogP contribution in [0, 0.1) is 0 Å². The Morgan fingerprint density at radius 1 is 1.00 bits per heavy atom. The van der Waals surface area contributed by atoms with Crippen LogP contribution in [0.2, 0.25) is 0 Å². The largest absolute Gasteiger partial charge is 0.475 e. The molecule has 20 nitrogen and oxygen atoms in total. The van der Waals surface area contributed by atoms with Gasteiger partial charge in [0.2, 0.25) is 12.0 Å². The molecule has 204 valence electrons. The average Bonchev–Trinajstić information content (AvgIpc) is 2.65. The predicted octanol–water partition coefficient (Wildman–Crippen LogP) is -5.10. The molecular formula is C12H19NO19S3. The third-order valence-corrected chi connectivity index (χ3v) is 5.73. The van der Waals surface area contributed by atoms with Gasteiger partial charge in [-0.25, -0.2) is 13.2 Å². The van der Waals surface area contributed by atoms with Gasteiger partial charge in [-0.2, -0.15) is 30.0 Å². The van der Waals surface area contributed by atoms with Gasteiger partial charge < -0.3 is 34.6 Å². The van der Waals surface area contributed by atoms with Gasteiger partial charge in [-0.3, -0.25) is 13.7 Å². The average molecular weight is 577 g/mol. The molecule has 1 fully saturated rings. The van der Waals surface area contributed by atoms with Gasteiger partial charge in [0.15, 0.2) is 12.4 Å². The molecule has 8 N–H and O–H groups in total. The maximum atomic E-state index is 11.2. The Morgan fingerprint density at radius 2 is 1.60 bits per heavy atom. The first-order valence-electron chi connectivity index (χ1n) is 8.76. The van der Waals surface area contributed by atoms with Crippen LogP contribution in [0.3, 0.4) is 0 Å². The molecule has 0 aromatic carbocycles. The van der Waals surface area contributed by atoms with Gasteiger partial charge >= 0.3 is 37.1 Å². The van der Waals surface area contributed by atoms with Crippen LogP contribution in [0.15, 0.2) is 11.8 Å². The zero-order chi connectivity index (χ0) is 26.9. The van der Waals surface area contributed by atoms with Crippen molar-refractivity contribution < 1.29 is 86.7 Å². The molecular weight excluding hydrogens is 558 g/mol. The molecule has 2 aliphatic heterocycles. The molecule has 0 spiro atoms.